The van der Waals surface area contributed by atoms with Gasteiger partial charge in [0.25, 0.3) is 5.91 Å². The fourth-order valence-electron chi connectivity index (χ4n) is 5.56. The lowest BCUT2D eigenvalue weighted by Gasteiger charge is -2.51. The molecule has 8 heteroatoms. The SMILES string of the molecule is Cc1cc(C(=O)N2CCC[C@]3(C[C@@H](O)[C@H](c4ccccc4)N(Cc4cccc(F)c4)C3=O)C2)on1. The molecule has 1 N–H and O–H groups in total. The number of halogens is 1. The van der Waals surface area contributed by atoms with Gasteiger partial charge in [-0.3, -0.25) is 9.59 Å². The Kier molecular flexibility index (Phi) is 6.15. The number of hydrogen-bond acceptors (Lipinski definition) is 5. The standard InChI is InChI=1S/C27H28FN3O4/c1-18-13-23(35-29-18)25(33)30-12-6-11-27(17-30)15-22(32)24(20-8-3-2-4-9-20)31(26(27)34)16-19-7-5-10-21(28)14-19/h2-5,7-10,13-14,22,24,32H,6,11-12,15-17H2,1H3/t22-,24+,27+/m1/s1. The molecule has 3 aromatic rings. The number of aliphatic hydroxyl groups excluding tert-OH is 1. The van der Waals surface area contributed by atoms with Gasteiger partial charge in [-0.1, -0.05) is 47.6 Å². The molecule has 2 aliphatic heterocycles. The largest absolute Gasteiger partial charge is 0.391 e. The van der Waals surface area contributed by atoms with Crippen LogP contribution < -0.4 is 0 Å². The van der Waals surface area contributed by atoms with Crippen molar-refractivity contribution < 1.29 is 23.6 Å². The van der Waals surface area contributed by atoms with Crippen molar-refractivity contribution in [2.45, 2.75) is 44.9 Å². The van der Waals surface area contributed by atoms with Gasteiger partial charge < -0.3 is 19.4 Å². The zero-order valence-corrected chi connectivity index (χ0v) is 19.6. The summed E-state index contributed by atoms with van der Waals surface area (Å²) < 4.78 is 19.1. The van der Waals surface area contributed by atoms with Crippen LogP contribution >= 0.6 is 0 Å². The van der Waals surface area contributed by atoms with E-state index in [0.29, 0.717) is 30.6 Å². The Hall–Kier alpha value is -3.52. The highest BCUT2D eigenvalue weighted by Gasteiger charge is 2.53. The molecular weight excluding hydrogens is 449 g/mol. The van der Waals surface area contributed by atoms with Crippen molar-refractivity contribution in [3.05, 3.63) is 89.1 Å². The first-order valence-electron chi connectivity index (χ1n) is 11.9. The molecule has 3 atom stereocenters. The van der Waals surface area contributed by atoms with E-state index in [1.54, 1.807) is 34.9 Å². The highest BCUT2D eigenvalue weighted by atomic mass is 19.1. The minimum Gasteiger partial charge on any atom is -0.391 e. The fraction of sp³-hybridized carbons (Fsp3) is 0.370. The fourth-order valence-corrected chi connectivity index (χ4v) is 5.56. The lowest BCUT2D eigenvalue weighted by Crippen LogP contribution is -2.61. The summed E-state index contributed by atoms with van der Waals surface area (Å²) in [5.74, 6) is -0.682. The van der Waals surface area contributed by atoms with Crippen molar-refractivity contribution in [1.82, 2.24) is 15.0 Å². The molecule has 7 nitrogen and oxygen atoms in total. The molecule has 0 aliphatic carbocycles. The summed E-state index contributed by atoms with van der Waals surface area (Å²) in [5, 5.41) is 15.2. The number of aromatic nitrogens is 1. The molecule has 1 spiro atoms. The number of carbonyl (C=O) groups is 2. The van der Waals surface area contributed by atoms with Crippen LogP contribution in [0.5, 0.6) is 0 Å². The van der Waals surface area contributed by atoms with Gasteiger partial charge in [-0.2, -0.15) is 0 Å². The van der Waals surface area contributed by atoms with Gasteiger partial charge in [0.05, 0.1) is 23.3 Å². The third kappa shape index (κ3) is 4.46. The molecule has 182 valence electrons. The van der Waals surface area contributed by atoms with E-state index >= 15 is 0 Å². The second kappa shape index (κ2) is 9.26. The highest BCUT2D eigenvalue weighted by molar-refractivity contribution is 5.93. The predicted molar refractivity (Wildman–Crippen MR) is 126 cm³/mol. The number of rotatable bonds is 4. The molecule has 2 saturated heterocycles. The van der Waals surface area contributed by atoms with Gasteiger partial charge >= 0.3 is 0 Å². The molecule has 35 heavy (non-hydrogen) atoms. The van der Waals surface area contributed by atoms with Gasteiger partial charge in [0, 0.05) is 25.7 Å². The summed E-state index contributed by atoms with van der Waals surface area (Å²) >= 11 is 0. The summed E-state index contributed by atoms with van der Waals surface area (Å²) in [6.07, 6.45) is 0.584. The van der Waals surface area contributed by atoms with Crippen LogP contribution in [-0.4, -0.2) is 51.1 Å². The Balaban J connectivity index is 1.48. The summed E-state index contributed by atoms with van der Waals surface area (Å²) in [4.78, 5) is 30.5. The minimum atomic E-state index is -0.930. The van der Waals surface area contributed by atoms with Crippen LogP contribution in [-0.2, 0) is 11.3 Å². The van der Waals surface area contributed by atoms with E-state index in [1.165, 1.54) is 12.1 Å². The van der Waals surface area contributed by atoms with Crippen molar-refractivity contribution >= 4 is 11.8 Å². The van der Waals surface area contributed by atoms with E-state index in [2.05, 4.69) is 5.16 Å². The smallest absolute Gasteiger partial charge is 0.292 e. The van der Waals surface area contributed by atoms with Crippen LogP contribution in [0.15, 0.2) is 65.2 Å². The van der Waals surface area contributed by atoms with Crippen molar-refractivity contribution in [3.8, 4) is 0 Å². The molecule has 2 aliphatic rings. The highest BCUT2D eigenvalue weighted by Crippen LogP contribution is 2.46. The lowest BCUT2D eigenvalue weighted by molar-refractivity contribution is -0.165. The normalized spacial score (nSPS) is 24.7. The average Bonchev–Trinajstić information content (AvgIpc) is 3.29. The van der Waals surface area contributed by atoms with Crippen molar-refractivity contribution in [2.24, 2.45) is 5.41 Å². The number of aliphatic hydroxyl groups is 1. The second-order valence-electron chi connectivity index (χ2n) is 9.63. The van der Waals surface area contributed by atoms with Gasteiger partial charge in [0.1, 0.15) is 5.82 Å². The molecule has 2 aromatic carbocycles. The van der Waals surface area contributed by atoms with Crippen LogP contribution in [0, 0.1) is 18.2 Å². The number of carbonyl (C=O) groups excluding carboxylic acids is 2. The Morgan fingerprint density at radius 1 is 1.20 bits per heavy atom. The number of amides is 2. The number of nitrogens with zero attached hydrogens (tertiary/aromatic N) is 3. The summed E-state index contributed by atoms with van der Waals surface area (Å²) in [6, 6.07) is 16.6. The number of benzene rings is 2. The molecule has 0 bridgehead atoms. The number of aryl methyl sites for hydroxylation is 1. The predicted octanol–water partition coefficient (Wildman–Crippen LogP) is 3.88. The Morgan fingerprint density at radius 3 is 2.71 bits per heavy atom. The molecule has 0 radical (unpaired) electrons. The van der Waals surface area contributed by atoms with Crippen LogP contribution in [0.25, 0.3) is 0 Å². The molecule has 0 saturated carbocycles. The zero-order valence-electron chi connectivity index (χ0n) is 19.6. The van der Waals surface area contributed by atoms with Crippen LogP contribution in [0.2, 0.25) is 0 Å². The van der Waals surface area contributed by atoms with Gasteiger partial charge in [-0.25, -0.2) is 4.39 Å². The third-order valence-electron chi connectivity index (χ3n) is 7.10. The average molecular weight is 478 g/mol. The van der Waals surface area contributed by atoms with Crippen molar-refractivity contribution in [1.29, 1.82) is 0 Å². The van der Waals surface area contributed by atoms with E-state index < -0.39 is 17.6 Å². The Morgan fingerprint density at radius 2 is 2.00 bits per heavy atom. The van der Waals surface area contributed by atoms with Gasteiger partial charge in [-0.15, -0.1) is 0 Å². The van der Waals surface area contributed by atoms with Gasteiger partial charge in [-0.05, 0) is 49.4 Å². The number of hydrogen-bond donors (Lipinski definition) is 1. The first kappa shape index (κ1) is 23.2. The maximum atomic E-state index is 14.2. The van der Waals surface area contributed by atoms with Crippen molar-refractivity contribution in [3.63, 3.8) is 0 Å². The minimum absolute atomic E-state index is 0.132. The lowest BCUT2D eigenvalue weighted by atomic mass is 9.69. The first-order valence-corrected chi connectivity index (χ1v) is 11.9. The van der Waals surface area contributed by atoms with E-state index in [4.69, 9.17) is 4.52 Å². The first-order chi connectivity index (χ1) is 16.9. The molecule has 5 rings (SSSR count). The molecule has 3 heterocycles. The molecule has 0 unspecified atom stereocenters. The van der Waals surface area contributed by atoms with Crippen LogP contribution in [0.3, 0.4) is 0 Å². The summed E-state index contributed by atoms with van der Waals surface area (Å²) in [5.41, 5.74) is 1.14. The second-order valence-corrected chi connectivity index (χ2v) is 9.63. The molecule has 1 aromatic heterocycles. The maximum Gasteiger partial charge on any atom is 0.292 e. The number of likely N-dealkylation sites (tertiary alicyclic amines) is 2. The zero-order chi connectivity index (χ0) is 24.6. The Bertz CT molecular complexity index is 1230. The van der Waals surface area contributed by atoms with E-state index in [0.717, 1.165) is 5.56 Å². The van der Waals surface area contributed by atoms with Gasteiger partial charge in [0.2, 0.25) is 11.7 Å². The van der Waals surface area contributed by atoms with Crippen LogP contribution in [0.1, 0.15) is 52.7 Å². The summed E-state index contributed by atoms with van der Waals surface area (Å²) in [7, 11) is 0. The number of piperidine rings is 2. The maximum absolute atomic E-state index is 14.2. The molecule has 2 fully saturated rings. The monoisotopic (exact) mass is 477 g/mol. The molecular formula is C27H28FN3O4. The van der Waals surface area contributed by atoms with Gasteiger partial charge in [0.15, 0.2) is 0 Å². The Labute approximate surface area is 203 Å². The molecule has 2 amide bonds. The van der Waals surface area contributed by atoms with Crippen LogP contribution in [0.4, 0.5) is 4.39 Å². The quantitative estimate of drug-likeness (QED) is 0.616. The third-order valence-corrected chi connectivity index (χ3v) is 7.10. The van der Waals surface area contributed by atoms with E-state index in [9.17, 15) is 19.1 Å². The topological polar surface area (TPSA) is 86.9 Å². The van der Waals surface area contributed by atoms with E-state index in [-0.39, 0.29) is 42.9 Å². The summed E-state index contributed by atoms with van der Waals surface area (Å²) in [6.45, 7) is 2.58. The van der Waals surface area contributed by atoms with E-state index in [1.807, 2.05) is 30.3 Å². The van der Waals surface area contributed by atoms with Crippen molar-refractivity contribution in [2.75, 3.05) is 13.1 Å².